The molecule has 29 heavy (non-hydrogen) atoms. The van der Waals surface area contributed by atoms with Crippen LogP contribution in [0.25, 0.3) is 39.1 Å². The van der Waals surface area contributed by atoms with E-state index in [9.17, 15) is 4.79 Å². The summed E-state index contributed by atoms with van der Waals surface area (Å²) in [5, 5.41) is 13.0. The Kier molecular flexibility index (Phi) is 4.22. The van der Waals surface area contributed by atoms with E-state index in [2.05, 4.69) is 15.3 Å². The highest BCUT2D eigenvalue weighted by atomic mass is 35.5. The number of aromatic nitrogens is 4. The molecule has 1 N–H and O–H groups in total. The summed E-state index contributed by atoms with van der Waals surface area (Å²) in [6.07, 6.45) is 0. The van der Waals surface area contributed by atoms with E-state index in [1.165, 1.54) is 0 Å². The van der Waals surface area contributed by atoms with Crippen LogP contribution in [-0.2, 0) is 0 Å². The predicted molar refractivity (Wildman–Crippen MR) is 115 cm³/mol. The van der Waals surface area contributed by atoms with Crippen molar-refractivity contribution in [3.8, 4) is 28.2 Å². The number of nitrogens with one attached hydrogen (secondary N) is 1. The van der Waals surface area contributed by atoms with Crippen LogP contribution in [-0.4, -0.2) is 20.0 Å². The van der Waals surface area contributed by atoms with E-state index in [0.29, 0.717) is 21.6 Å². The molecule has 3 aromatic carbocycles. The molecule has 0 saturated heterocycles. The van der Waals surface area contributed by atoms with E-state index in [-0.39, 0.29) is 5.56 Å². The molecule has 0 aliphatic rings. The summed E-state index contributed by atoms with van der Waals surface area (Å²) in [6, 6.07) is 27.0. The lowest BCUT2D eigenvalue weighted by Gasteiger charge is -2.09. The Balaban J connectivity index is 1.92. The SMILES string of the molecule is O=c1[nH]nc(-c2ccccc2)c2c(-c3ccccc3)n(-c3ccc(Cl)cc3)nc12. The Morgan fingerprint density at radius 1 is 0.793 bits per heavy atom. The number of fused-ring (bicyclic) bond motifs is 1. The number of nitrogens with zero attached hydrogens (tertiary/aromatic N) is 3. The average Bonchev–Trinajstić information content (AvgIpc) is 3.17. The molecule has 0 radical (unpaired) electrons. The van der Waals surface area contributed by atoms with Crippen LogP contribution in [0, 0.1) is 0 Å². The van der Waals surface area contributed by atoms with Gasteiger partial charge in [-0.15, -0.1) is 0 Å². The molecule has 5 rings (SSSR count). The minimum absolute atomic E-state index is 0.329. The number of H-pyrrole nitrogens is 1. The van der Waals surface area contributed by atoms with Crippen molar-refractivity contribution < 1.29 is 0 Å². The molecule has 0 atom stereocenters. The van der Waals surface area contributed by atoms with Crippen molar-refractivity contribution in [3.63, 3.8) is 0 Å². The Morgan fingerprint density at radius 2 is 1.41 bits per heavy atom. The number of hydrogen-bond donors (Lipinski definition) is 1. The second kappa shape index (κ2) is 7.04. The molecule has 6 heteroatoms. The van der Waals surface area contributed by atoms with Crippen molar-refractivity contribution >= 4 is 22.5 Å². The monoisotopic (exact) mass is 398 g/mol. The number of aromatic amines is 1. The summed E-state index contributed by atoms with van der Waals surface area (Å²) >= 11 is 6.07. The molecule has 0 spiro atoms. The van der Waals surface area contributed by atoms with E-state index in [0.717, 1.165) is 22.5 Å². The molecule has 2 aromatic heterocycles. The van der Waals surface area contributed by atoms with Gasteiger partial charge in [0, 0.05) is 16.1 Å². The molecular weight excluding hydrogens is 384 g/mol. The first-order valence-corrected chi connectivity index (χ1v) is 9.48. The predicted octanol–water partition coefficient (Wildman–Crippen LogP) is 5.10. The molecule has 2 heterocycles. The molecule has 5 aromatic rings. The van der Waals surface area contributed by atoms with Gasteiger partial charge in [-0.25, -0.2) is 9.78 Å². The second-order valence-corrected chi connectivity index (χ2v) is 7.03. The minimum Gasteiger partial charge on any atom is -0.265 e. The van der Waals surface area contributed by atoms with Crippen LogP contribution in [0.15, 0.2) is 89.7 Å². The first-order valence-electron chi connectivity index (χ1n) is 9.10. The third kappa shape index (κ3) is 3.02. The molecule has 5 nitrogen and oxygen atoms in total. The topological polar surface area (TPSA) is 63.6 Å². The van der Waals surface area contributed by atoms with E-state index in [1.54, 1.807) is 16.8 Å². The van der Waals surface area contributed by atoms with Crippen molar-refractivity contribution in [2.75, 3.05) is 0 Å². The summed E-state index contributed by atoms with van der Waals surface area (Å²) in [5.74, 6) is 0. The Bertz CT molecular complexity index is 1360. The molecule has 0 aliphatic carbocycles. The summed E-state index contributed by atoms with van der Waals surface area (Å²) in [5.41, 5.74) is 4.15. The van der Waals surface area contributed by atoms with Gasteiger partial charge in [0.2, 0.25) is 0 Å². The van der Waals surface area contributed by atoms with E-state index in [1.807, 2.05) is 72.8 Å². The maximum absolute atomic E-state index is 12.6. The summed E-state index contributed by atoms with van der Waals surface area (Å²) < 4.78 is 1.78. The van der Waals surface area contributed by atoms with Crippen molar-refractivity contribution in [1.82, 2.24) is 20.0 Å². The van der Waals surface area contributed by atoms with E-state index in [4.69, 9.17) is 11.6 Å². The third-order valence-electron chi connectivity index (χ3n) is 4.77. The third-order valence-corrected chi connectivity index (χ3v) is 5.02. The number of benzene rings is 3. The normalized spacial score (nSPS) is 11.1. The van der Waals surface area contributed by atoms with Gasteiger partial charge in [-0.05, 0) is 24.3 Å². The number of rotatable bonds is 3. The Labute approximate surface area is 171 Å². The maximum atomic E-state index is 12.6. The van der Waals surface area contributed by atoms with Gasteiger partial charge in [0.1, 0.15) is 5.69 Å². The first-order chi connectivity index (χ1) is 14.2. The van der Waals surface area contributed by atoms with Crippen LogP contribution in [0.5, 0.6) is 0 Å². The van der Waals surface area contributed by atoms with Crippen LogP contribution in [0.3, 0.4) is 0 Å². The molecular formula is C23H15ClN4O. The lowest BCUT2D eigenvalue weighted by Crippen LogP contribution is -2.09. The smallest absolute Gasteiger partial charge is 0.265 e. The summed E-state index contributed by atoms with van der Waals surface area (Å²) in [7, 11) is 0. The fourth-order valence-electron chi connectivity index (χ4n) is 3.45. The van der Waals surface area contributed by atoms with Crippen LogP contribution in [0.2, 0.25) is 5.02 Å². The molecule has 0 unspecified atom stereocenters. The number of halogens is 1. The summed E-state index contributed by atoms with van der Waals surface area (Å²) in [4.78, 5) is 12.6. The highest BCUT2D eigenvalue weighted by Crippen LogP contribution is 2.35. The van der Waals surface area contributed by atoms with Gasteiger partial charge in [0.15, 0.2) is 5.52 Å². The van der Waals surface area contributed by atoms with Gasteiger partial charge in [-0.2, -0.15) is 10.2 Å². The Hall–Kier alpha value is -3.70. The fraction of sp³-hybridized carbons (Fsp3) is 0. The van der Waals surface area contributed by atoms with Gasteiger partial charge >= 0.3 is 0 Å². The van der Waals surface area contributed by atoms with Crippen LogP contribution < -0.4 is 5.56 Å². The van der Waals surface area contributed by atoms with Crippen LogP contribution >= 0.6 is 11.6 Å². The lowest BCUT2D eigenvalue weighted by atomic mass is 10.0. The van der Waals surface area contributed by atoms with E-state index < -0.39 is 0 Å². The molecule has 0 amide bonds. The second-order valence-electron chi connectivity index (χ2n) is 6.59. The average molecular weight is 399 g/mol. The van der Waals surface area contributed by atoms with Gasteiger partial charge < -0.3 is 0 Å². The maximum Gasteiger partial charge on any atom is 0.292 e. The zero-order valence-electron chi connectivity index (χ0n) is 15.2. The minimum atomic E-state index is -0.329. The first kappa shape index (κ1) is 17.4. The fourth-order valence-corrected chi connectivity index (χ4v) is 3.58. The lowest BCUT2D eigenvalue weighted by molar-refractivity contribution is 0.898. The largest absolute Gasteiger partial charge is 0.292 e. The van der Waals surface area contributed by atoms with Crippen molar-refractivity contribution in [2.24, 2.45) is 0 Å². The van der Waals surface area contributed by atoms with Gasteiger partial charge in [0.25, 0.3) is 5.56 Å². The van der Waals surface area contributed by atoms with Crippen molar-refractivity contribution in [3.05, 3.63) is 100 Å². The molecule has 0 aliphatic heterocycles. The zero-order valence-corrected chi connectivity index (χ0v) is 16.0. The van der Waals surface area contributed by atoms with Gasteiger partial charge in [-0.1, -0.05) is 72.3 Å². The van der Waals surface area contributed by atoms with Crippen molar-refractivity contribution in [1.29, 1.82) is 0 Å². The number of hydrogen-bond acceptors (Lipinski definition) is 3. The van der Waals surface area contributed by atoms with E-state index >= 15 is 0 Å². The zero-order chi connectivity index (χ0) is 19.8. The molecule has 140 valence electrons. The highest BCUT2D eigenvalue weighted by Gasteiger charge is 2.21. The molecule has 0 fully saturated rings. The quantitative estimate of drug-likeness (QED) is 0.460. The van der Waals surface area contributed by atoms with Crippen molar-refractivity contribution in [2.45, 2.75) is 0 Å². The highest BCUT2D eigenvalue weighted by molar-refractivity contribution is 6.30. The van der Waals surface area contributed by atoms with Gasteiger partial charge in [-0.3, -0.25) is 4.79 Å². The molecule has 0 saturated carbocycles. The standard InChI is InChI=1S/C23H15ClN4O/c24-17-11-13-18(14-12-17)28-22(16-9-5-2-6-10-16)19-20(15-7-3-1-4-8-15)25-26-23(29)21(19)27-28/h1-14H,(H,26,29). The summed E-state index contributed by atoms with van der Waals surface area (Å²) in [6.45, 7) is 0. The van der Waals surface area contributed by atoms with Crippen LogP contribution in [0.4, 0.5) is 0 Å². The van der Waals surface area contributed by atoms with Gasteiger partial charge in [0.05, 0.1) is 16.8 Å². The van der Waals surface area contributed by atoms with Crippen LogP contribution in [0.1, 0.15) is 0 Å². The Morgan fingerprint density at radius 3 is 2.07 bits per heavy atom. The molecule has 0 bridgehead atoms.